The Labute approximate surface area is 93.2 Å². The largest absolute Gasteiger partial charge is 0.256 e. The molecule has 1 aromatic carbocycles. The second-order valence-corrected chi connectivity index (χ2v) is 3.36. The Kier molecular flexibility index (Phi) is 3.85. The maximum atomic E-state index is 8.64. The molecule has 74 valence electrons. The van der Waals surface area contributed by atoms with Gasteiger partial charge in [0.1, 0.15) is 0 Å². The van der Waals surface area contributed by atoms with E-state index >= 15 is 0 Å². The molecular weight excluding hydrogens is 210 g/mol. The van der Waals surface area contributed by atoms with Crippen LogP contribution in [0.1, 0.15) is 6.92 Å². The lowest BCUT2D eigenvalue weighted by Crippen LogP contribution is -2.05. The van der Waals surface area contributed by atoms with Gasteiger partial charge < -0.3 is 0 Å². The minimum atomic E-state index is -0.791. The van der Waals surface area contributed by atoms with Crippen LogP contribution in [0.2, 0.25) is 5.02 Å². The molecule has 0 saturated carbocycles. The van der Waals surface area contributed by atoms with Gasteiger partial charge in [-0.1, -0.05) is 11.6 Å². The highest BCUT2D eigenvalue weighted by atomic mass is 35.5. The summed E-state index contributed by atoms with van der Waals surface area (Å²) in [4.78, 5) is 4.16. The van der Waals surface area contributed by atoms with Crippen molar-refractivity contribution in [1.82, 2.24) is 0 Å². The molecule has 15 heavy (non-hydrogen) atoms. The smallest absolute Gasteiger partial charge is 0.170 e. The van der Waals surface area contributed by atoms with Crippen molar-refractivity contribution >= 4 is 23.0 Å². The summed E-state index contributed by atoms with van der Waals surface area (Å²) in [6.45, 7) is 1.66. The van der Waals surface area contributed by atoms with E-state index in [2.05, 4.69) is 4.99 Å². The van der Waals surface area contributed by atoms with E-state index in [9.17, 15) is 0 Å². The molecule has 0 aliphatic carbocycles. The summed E-state index contributed by atoms with van der Waals surface area (Å²) in [5.74, 6) is -0.791. The van der Waals surface area contributed by atoms with Crippen molar-refractivity contribution in [1.29, 1.82) is 10.5 Å². The van der Waals surface area contributed by atoms with Crippen LogP contribution in [0.4, 0.5) is 5.69 Å². The fourth-order valence-electron chi connectivity index (χ4n) is 1.000. The molecule has 0 bridgehead atoms. The summed E-state index contributed by atoms with van der Waals surface area (Å²) in [7, 11) is 0. The Morgan fingerprint density at radius 1 is 1.27 bits per heavy atom. The highest BCUT2D eigenvalue weighted by molar-refractivity contribution is 6.30. The average molecular weight is 218 g/mol. The maximum Gasteiger partial charge on any atom is 0.170 e. The van der Waals surface area contributed by atoms with Gasteiger partial charge >= 0.3 is 0 Å². The van der Waals surface area contributed by atoms with Gasteiger partial charge in [0.2, 0.25) is 0 Å². The molecule has 0 fully saturated rings. The lowest BCUT2D eigenvalue weighted by molar-refractivity contribution is 1.13. The van der Waals surface area contributed by atoms with Crippen molar-refractivity contribution in [2.45, 2.75) is 6.92 Å². The van der Waals surface area contributed by atoms with E-state index in [1.807, 2.05) is 12.1 Å². The van der Waals surface area contributed by atoms with Gasteiger partial charge in [-0.15, -0.1) is 0 Å². The third-order valence-corrected chi connectivity index (χ3v) is 2.06. The summed E-state index contributed by atoms with van der Waals surface area (Å²) in [5.41, 5.74) is 1.18. The van der Waals surface area contributed by atoms with Crippen LogP contribution in [0.3, 0.4) is 0 Å². The summed E-state index contributed by atoms with van der Waals surface area (Å²) < 4.78 is 0. The molecule has 0 aromatic heterocycles. The predicted octanol–water partition coefficient (Wildman–Crippen LogP) is 3.10. The van der Waals surface area contributed by atoms with Crippen molar-refractivity contribution in [3.63, 3.8) is 0 Å². The first-order valence-electron chi connectivity index (χ1n) is 4.27. The van der Waals surface area contributed by atoms with Crippen LogP contribution in [0.25, 0.3) is 0 Å². The Bertz CT molecular complexity index is 434. The van der Waals surface area contributed by atoms with Gasteiger partial charge in [0.05, 0.1) is 17.8 Å². The summed E-state index contributed by atoms with van der Waals surface area (Å²) in [5, 5.41) is 17.9. The molecule has 4 heteroatoms. The second-order valence-electron chi connectivity index (χ2n) is 2.92. The van der Waals surface area contributed by atoms with Crippen LogP contribution in [-0.2, 0) is 0 Å². The second kappa shape index (κ2) is 5.14. The molecule has 0 unspecified atom stereocenters. The van der Waals surface area contributed by atoms with Crippen LogP contribution < -0.4 is 0 Å². The Morgan fingerprint density at radius 2 is 1.80 bits per heavy atom. The zero-order valence-corrected chi connectivity index (χ0v) is 8.86. The molecule has 3 nitrogen and oxygen atoms in total. The Balaban J connectivity index is 2.94. The number of nitriles is 2. The topological polar surface area (TPSA) is 59.9 Å². The summed E-state index contributed by atoms with van der Waals surface area (Å²) in [6, 6.07) is 10.6. The van der Waals surface area contributed by atoms with E-state index in [-0.39, 0.29) is 0 Å². The van der Waals surface area contributed by atoms with Crippen LogP contribution >= 0.6 is 11.6 Å². The van der Waals surface area contributed by atoms with Gasteiger partial charge in [0.15, 0.2) is 5.92 Å². The maximum absolute atomic E-state index is 8.64. The van der Waals surface area contributed by atoms with Crippen LogP contribution in [0, 0.1) is 28.6 Å². The fourth-order valence-corrected chi connectivity index (χ4v) is 1.13. The molecule has 0 amide bonds. The number of hydrogen-bond donors (Lipinski definition) is 0. The number of hydrogen-bond acceptors (Lipinski definition) is 3. The van der Waals surface area contributed by atoms with E-state index in [1.54, 1.807) is 31.2 Å². The molecule has 0 spiro atoms. The van der Waals surface area contributed by atoms with E-state index in [4.69, 9.17) is 22.1 Å². The standard InChI is InChI=1S/C11H8ClN3/c1-8(9(6-13)7-14)15-11-4-2-10(12)3-5-11/h2-5,9H,1H3. The number of benzene rings is 1. The predicted molar refractivity (Wildman–Crippen MR) is 58.9 cm³/mol. The summed E-state index contributed by atoms with van der Waals surface area (Å²) in [6.07, 6.45) is 0. The Morgan fingerprint density at radius 3 is 2.27 bits per heavy atom. The van der Waals surface area contributed by atoms with Gasteiger partial charge in [-0.2, -0.15) is 10.5 Å². The minimum Gasteiger partial charge on any atom is -0.256 e. The van der Waals surface area contributed by atoms with Gasteiger partial charge in [-0.05, 0) is 31.2 Å². The van der Waals surface area contributed by atoms with E-state index in [0.29, 0.717) is 16.4 Å². The van der Waals surface area contributed by atoms with Crippen molar-refractivity contribution in [3.05, 3.63) is 29.3 Å². The van der Waals surface area contributed by atoms with Crippen LogP contribution in [0.15, 0.2) is 29.3 Å². The minimum absolute atomic E-state index is 0.488. The van der Waals surface area contributed by atoms with Crippen LogP contribution in [-0.4, -0.2) is 5.71 Å². The zero-order valence-electron chi connectivity index (χ0n) is 8.11. The van der Waals surface area contributed by atoms with Crippen LogP contribution in [0.5, 0.6) is 0 Å². The molecule has 0 atom stereocenters. The van der Waals surface area contributed by atoms with Gasteiger partial charge in [0, 0.05) is 10.7 Å². The fraction of sp³-hybridized carbons (Fsp3) is 0.182. The first kappa shape index (κ1) is 11.2. The van der Waals surface area contributed by atoms with E-state index < -0.39 is 5.92 Å². The number of halogens is 1. The first-order valence-corrected chi connectivity index (χ1v) is 4.65. The van der Waals surface area contributed by atoms with E-state index in [0.717, 1.165) is 0 Å². The van der Waals surface area contributed by atoms with Crippen molar-refractivity contribution < 1.29 is 0 Å². The normalized spacial score (nSPS) is 10.9. The number of aliphatic imine (C=N–C) groups is 1. The van der Waals surface area contributed by atoms with Crippen molar-refractivity contribution in [3.8, 4) is 12.1 Å². The highest BCUT2D eigenvalue weighted by Gasteiger charge is 2.08. The monoisotopic (exact) mass is 217 g/mol. The highest BCUT2D eigenvalue weighted by Crippen LogP contribution is 2.17. The molecular formula is C11H8ClN3. The molecule has 0 saturated heterocycles. The van der Waals surface area contributed by atoms with Crippen molar-refractivity contribution in [2.24, 2.45) is 10.9 Å². The zero-order chi connectivity index (χ0) is 11.3. The first-order chi connectivity index (χ1) is 7.17. The lowest BCUT2D eigenvalue weighted by Gasteiger charge is -1.99. The number of nitrogens with zero attached hydrogens (tertiary/aromatic N) is 3. The third kappa shape index (κ3) is 3.09. The number of rotatable bonds is 2. The SMILES string of the molecule is CC(=Nc1ccc(Cl)cc1)C(C#N)C#N. The van der Waals surface area contributed by atoms with Gasteiger partial charge in [-0.3, -0.25) is 4.99 Å². The molecule has 0 radical (unpaired) electrons. The van der Waals surface area contributed by atoms with Crippen molar-refractivity contribution in [2.75, 3.05) is 0 Å². The molecule has 1 rings (SSSR count). The average Bonchev–Trinajstić information content (AvgIpc) is 2.23. The molecule has 0 N–H and O–H groups in total. The quantitative estimate of drug-likeness (QED) is 0.715. The Hall–Kier alpha value is -1.84. The summed E-state index contributed by atoms with van der Waals surface area (Å²) >= 11 is 5.71. The molecule has 0 aliphatic heterocycles. The molecule has 0 aliphatic rings. The van der Waals surface area contributed by atoms with Gasteiger partial charge in [0.25, 0.3) is 0 Å². The lowest BCUT2D eigenvalue weighted by atomic mass is 10.1. The van der Waals surface area contributed by atoms with E-state index in [1.165, 1.54) is 0 Å². The third-order valence-electron chi connectivity index (χ3n) is 1.81. The molecule has 0 heterocycles. The molecule has 1 aromatic rings. The van der Waals surface area contributed by atoms with Gasteiger partial charge in [-0.25, -0.2) is 0 Å².